The Morgan fingerprint density at radius 2 is 1.85 bits per heavy atom. The smallest absolute Gasteiger partial charge is 0.252 e. The topological polar surface area (TPSA) is 107 Å². The molecule has 6 nitrogen and oxygen atoms in total. The molecule has 4 atom stereocenters. The van der Waals surface area contributed by atoms with E-state index in [2.05, 4.69) is 4.74 Å². The highest BCUT2D eigenvalue weighted by Crippen LogP contribution is 2.14. The lowest BCUT2D eigenvalue weighted by Gasteiger charge is -2.30. The van der Waals surface area contributed by atoms with Gasteiger partial charge in [-0.15, -0.1) is 0 Å². The van der Waals surface area contributed by atoms with Crippen molar-refractivity contribution in [3.8, 4) is 0 Å². The third-order valence-electron chi connectivity index (χ3n) is 1.74. The zero-order chi connectivity index (χ0) is 10.6. The van der Waals surface area contributed by atoms with Crippen molar-refractivity contribution in [1.82, 2.24) is 0 Å². The van der Waals surface area contributed by atoms with Crippen LogP contribution in [0.5, 0.6) is 0 Å². The van der Waals surface area contributed by atoms with Gasteiger partial charge in [0.05, 0.1) is 6.10 Å². The molecule has 6 heteroatoms. The summed E-state index contributed by atoms with van der Waals surface area (Å²) in [6, 6.07) is 0. The molecule has 4 N–H and O–H groups in total. The van der Waals surface area contributed by atoms with Gasteiger partial charge in [-0.05, 0) is 6.92 Å². The summed E-state index contributed by atoms with van der Waals surface area (Å²) in [5.74, 6) is -2.49. The highest BCUT2D eigenvalue weighted by atomic mass is 16.6. The molecule has 0 bridgehead atoms. The Morgan fingerprint density at radius 1 is 1.38 bits per heavy atom. The normalized spacial score (nSPS) is 22.9. The Morgan fingerprint density at radius 3 is 2.08 bits per heavy atom. The first kappa shape index (κ1) is 12.5. The standard InChI is InChI=1S/C7H14O6/c1-4(9)5(10)6(11)7(12,3-8)13-2/h3-6,9-12H,1-2H3/t4-,5-,6+,7+/m1/s1. The van der Waals surface area contributed by atoms with Crippen LogP contribution in [0.1, 0.15) is 6.92 Å². The van der Waals surface area contributed by atoms with Gasteiger partial charge in [0.25, 0.3) is 5.79 Å². The molecule has 0 aliphatic carbocycles. The molecule has 0 saturated carbocycles. The lowest BCUT2D eigenvalue weighted by molar-refractivity contribution is -0.247. The number of aliphatic hydroxyl groups is 4. The number of hydrogen-bond acceptors (Lipinski definition) is 6. The van der Waals surface area contributed by atoms with Crippen LogP contribution in [-0.4, -0.2) is 57.9 Å². The quantitative estimate of drug-likeness (QED) is 0.287. The van der Waals surface area contributed by atoms with E-state index in [-0.39, 0.29) is 6.29 Å². The van der Waals surface area contributed by atoms with Crippen LogP contribution in [0.4, 0.5) is 0 Å². The lowest BCUT2D eigenvalue weighted by atomic mass is 10.0. The summed E-state index contributed by atoms with van der Waals surface area (Å²) in [4.78, 5) is 10.3. The molecule has 0 heterocycles. The summed E-state index contributed by atoms with van der Waals surface area (Å²) in [6.45, 7) is 1.20. The van der Waals surface area contributed by atoms with Crippen molar-refractivity contribution in [3.05, 3.63) is 0 Å². The molecule has 0 spiro atoms. The van der Waals surface area contributed by atoms with E-state index in [0.29, 0.717) is 0 Å². The van der Waals surface area contributed by atoms with Crippen LogP contribution in [0.2, 0.25) is 0 Å². The van der Waals surface area contributed by atoms with Gasteiger partial charge in [0, 0.05) is 7.11 Å². The van der Waals surface area contributed by atoms with E-state index in [9.17, 15) is 15.0 Å². The third kappa shape index (κ3) is 2.71. The van der Waals surface area contributed by atoms with Crippen molar-refractivity contribution in [2.45, 2.75) is 31.0 Å². The number of ether oxygens (including phenoxy) is 1. The Hall–Kier alpha value is -0.530. The van der Waals surface area contributed by atoms with E-state index >= 15 is 0 Å². The van der Waals surface area contributed by atoms with Crippen LogP contribution in [0, 0.1) is 0 Å². The molecule has 0 aliphatic rings. The second kappa shape index (κ2) is 4.64. The van der Waals surface area contributed by atoms with Crippen LogP contribution in [0.15, 0.2) is 0 Å². The van der Waals surface area contributed by atoms with E-state index in [1.54, 1.807) is 0 Å². The first-order valence-corrected chi connectivity index (χ1v) is 3.67. The number of aliphatic hydroxyl groups excluding tert-OH is 3. The number of rotatable bonds is 5. The van der Waals surface area contributed by atoms with E-state index in [0.717, 1.165) is 7.11 Å². The van der Waals surface area contributed by atoms with Gasteiger partial charge in [0.15, 0.2) is 6.29 Å². The summed E-state index contributed by atoms with van der Waals surface area (Å²) in [5.41, 5.74) is 0. The molecule has 0 fully saturated rings. The molecule has 0 amide bonds. The van der Waals surface area contributed by atoms with Gasteiger partial charge in [-0.2, -0.15) is 0 Å². The highest BCUT2D eigenvalue weighted by molar-refractivity contribution is 5.61. The van der Waals surface area contributed by atoms with Gasteiger partial charge in [-0.3, -0.25) is 4.79 Å². The monoisotopic (exact) mass is 194 g/mol. The van der Waals surface area contributed by atoms with Crippen molar-refractivity contribution in [2.75, 3.05) is 7.11 Å². The van der Waals surface area contributed by atoms with Crippen LogP contribution in [-0.2, 0) is 9.53 Å². The van der Waals surface area contributed by atoms with E-state index < -0.39 is 24.1 Å². The second-order valence-electron chi connectivity index (χ2n) is 2.75. The van der Waals surface area contributed by atoms with Crippen molar-refractivity contribution < 1.29 is 30.0 Å². The van der Waals surface area contributed by atoms with Gasteiger partial charge in [0.1, 0.15) is 12.2 Å². The van der Waals surface area contributed by atoms with Crippen LogP contribution >= 0.6 is 0 Å². The summed E-state index contributed by atoms with van der Waals surface area (Å²) in [7, 11) is 0.992. The Kier molecular flexibility index (Phi) is 4.45. The Balaban J connectivity index is 4.54. The summed E-state index contributed by atoms with van der Waals surface area (Å²) in [6.07, 6.45) is -4.88. The lowest BCUT2D eigenvalue weighted by Crippen LogP contribution is -2.54. The maximum absolute atomic E-state index is 10.3. The van der Waals surface area contributed by atoms with Crippen molar-refractivity contribution in [3.63, 3.8) is 0 Å². The molecule has 0 aromatic carbocycles. The average Bonchev–Trinajstić information content (AvgIpc) is 2.14. The van der Waals surface area contributed by atoms with Gasteiger partial charge < -0.3 is 25.2 Å². The minimum atomic E-state index is -2.49. The molecule has 0 unspecified atom stereocenters. The number of hydrogen-bond donors (Lipinski definition) is 4. The van der Waals surface area contributed by atoms with Crippen LogP contribution in [0.25, 0.3) is 0 Å². The first-order chi connectivity index (χ1) is 5.89. The Labute approximate surface area is 75.4 Å². The predicted octanol–water partition coefficient (Wildman–Crippen LogP) is -2.38. The third-order valence-corrected chi connectivity index (χ3v) is 1.74. The second-order valence-corrected chi connectivity index (χ2v) is 2.75. The molecule has 0 rings (SSSR count). The number of carbonyl (C=O) groups excluding carboxylic acids is 1. The van der Waals surface area contributed by atoms with E-state index in [1.165, 1.54) is 6.92 Å². The zero-order valence-electron chi connectivity index (χ0n) is 7.41. The zero-order valence-corrected chi connectivity index (χ0v) is 7.41. The van der Waals surface area contributed by atoms with Gasteiger partial charge in [-0.25, -0.2) is 0 Å². The van der Waals surface area contributed by atoms with Crippen molar-refractivity contribution >= 4 is 6.29 Å². The number of methoxy groups -OCH3 is 1. The molecule has 0 aromatic rings. The molecule has 0 aliphatic heterocycles. The molecule has 78 valence electrons. The predicted molar refractivity (Wildman–Crippen MR) is 41.7 cm³/mol. The fourth-order valence-corrected chi connectivity index (χ4v) is 0.747. The largest absolute Gasteiger partial charge is 0.391 e. The SMILES string of the molecule is CO[C@@](O)(C=O)[C@@H](O)[C@H](O)[C@@H](C)O. The van der Waals surface area contributed by atoms with Gasteiger partial charge in [-0.1, -0.05) is 0 Å². The maximum atomic E-state index is 10.3. The van der Waals surface area contributed by atoms with Crippen molar-refractivity contribution in [1.29, 1.82) is 0 Å². The van der Waals surface area contributed by atoms with Crippen molar-refractivity contribution in [2.24, 2.45) is 0 Å². The molecule has 0 aromatic heterocycles. The van der Waals surface area contributed by atoms with Gasteiger partial charge in [0.2, 0.25) is 0 Å². The fraction of sp³-hybridized carbons (Fsp3) is 0.857. The fourth-order valence-electron chi connectivity index (χ4n) is 0.747. The summed E-state index contributed by atoms with van der Waals surface area (Å²) < 4.78 is 4.29. The summed E-state index contributed by atoms with van der Waals surface area (Å²) in [5, 5.41) is 36.3. The van der Waals surface area contributed by atoms with E-state index in [1.807, 2.05) is 0 Å². The molecular weight excluding hydrogens is 180 g/mol. The molecule has 13 heavy (non-hydrogen) atoms. The minimum Gasteiger partial charge on any atom is -0.391 e. The Bertz CT molecular complexity index is 170. The summed E-state index contributed by atoms with van der Waals surface area (Å²) >= 11 is 0. The minimum absolute atomic E-state index is 0.0523. The van der Waals surface area contributed by atoms with Crippen LogP contribution < -0.4 is 0 Å². The van der Waals surface area contributed by atoms with Crippen LogP contribution in [0.3, 0.4) is 0 Å². The average molecular weight is 194 g/mol. The molecule has 0 radical (unpaired) electrons. The van der Waals surface area contributed by atoms with E-state index in [4.69, 9.17) is 10.2 Å². The van der Waals surface area contributed by atoms with Gasteiger partial charge >= 0.3 is 0 Å². The molecular formula is C7H14O6. The highest BCUT2D eigenvalue weighted by Gasteiger charge is 2.42. The first-order valence-electron chi connectivity index (χ1n) is 3.67. The maximum Gasteiger partial charge on any atom is 0.252 e. The number of carbonyl (C=O) groups is 1. The number of aldehydes is 1. The molecule has 0 saturated heterocycles.